The Balaban J connectivity index is 1.56. The summed E-state index contributed by atoms with van der Waals surface area (Å²) in [6, 6.07) is 18.3. The minimum absolute atomic E-state index is 0.0197. The monoisotopic (exact) mass is 516 g/mol. The van der Waals surface area contributed by atoms with E-state index in [-0.39, 0.29) is 42.9 Å². The first-order chi connectivity index (χ1) is 18.3. The van der Waals surface area contributed by atoms with Crippen molar-refractivity contribution in [2.45, 2.75) is 39.0 Å². The number of fused-ring (bicyclic) bond motifs is 1. The number of pyridine rings is 1. The van der Waals surface area contributed by atoms with Gasteiger partial charge in [-0.05, 0) is 55.4 Å². The highest BCUT2D eigenvalue weighted by Crippen LogP contribution is 2.31. The first-order valence-electron chi connectivity index (χ1n) is 13.0. The van der Waals surface area contributed by atoms with Gasteiger partial charge in [0.05, 0.1) is 24.6 Å². The van der Waals surface area contributed by atoms with Crippen LogP contribution in [0.5, 0.6) is 5.75 Å². The number of nitrogens with one attached hydrogen (secondary N) is 1. The van der Waals surface area contributed by atoms with E-state index >= 15 is 0 Å². The summed E-state index contributed by atoms with van der Waals surface area (Å²) in [5.41, 5.74) is 2.96. The van der Waals surface area contributed by atoms with E-state index in [0.717, 1.165) is 17.7 Å². The van der Waals surface area contributed by atoms with Gasteiger partial charge in [0.15, 0.2) is 0 Å². The van der Waals surface area contributed by atoms with Crippen LogP contribution in [0.3, 0.4) is 0 Å². The van der Waals surface area contributed by atoms with E-state index in [1.807, 2.05) is 56.4 Å². The average Bonchev–Trinajstić information content (AvgIpc) is 2.91. The number of carbonyl (C=O) groups is 2. The molecule has 4 rings (SSSR count). The molecule has 38 heavy (non-hydrogen) atoms. The number of rotatable bonds is 9. The van der Waals surface area contributed by atoms with Gasteiger partial charge in [0, 0.05) is 43.6 Å². The number of amides is 2. The second-order valence-corrected chi connectivity index (χ2v) is 10.1. The summed E-state index contributed by atoms with van der Waals surface area (Å²) >= 11 is 0. The van der Waals surface area contributed by atoms with Gasteiger partial charge in [-0.1, -0.05) is 37.3 Å². The van der Waals surface area contributed by atoms with Crippen LogP contribution in [0.2, 0.25) is 0 Å². The Bertz CT molecular complexity index is 1220. The molecule has 0 bridgehead atoms. The zero-order valence-corrected chi connectivity index (χ0v) is 22.2. The van der Waals surface area contributed by atoms with Crippen LogP contribution < -0.4 is 10.1 Å². The Morgan fingerprint density at radius 1 is 1.16 bits per heavy atom. The lowest BCUT2D eigenvalue weighted by molar-refractivity contribution is -0.115. The van der Waals surface area contributed by atoms with Crippen molar-refractivity contribution < 1.29 is 19.4 Å². The Hall–Kier alpha value is -3.75. The molecule has 1 aliphatic rings. The summed E-state index contributed by atoms with van der Waals surface area (Å²) in [6.07, 6.45) is 3.61. The number of anilines is 1. The molecule has 2 aromatic carbocycles. The summed E-state index contributed by atoms with van der Waals surface area (Å²) in [4.78, 5) is 34.3. The Labute approximate surface area is 224 Å². The Kier molecular flexibility index (Phi) is 9.10. The zero-order valence-electron chi connectivity index (χ0n) is 22.2. The van der Waals surface area contributed by atoms with Crippen molar-refractivity contribution in [3.63, 3.8) is 0 Å². The standard InChI is InChI=1S/C30H36N4O4/c1-21-17-34(22(2)20-35)30(37)26-16-25(32-29(36)15-23-7-5-4-6-8-23)9-10-27(26)38-28(21)19-33(3)18-24-11-13-31-14-12-24/h4-14,16,21-22,28,35H,15,17-20H2,1-3H3,(H,32,36)/t21-,22+,28+/m0/s1. The molecule has 8 heteroatoms. The third-order valence-electron chi connectivity index (χ3n) is 6.85. The van der Waals surface area contributed by atoms with Gasteiger partial charge in [0.2, 0.25) is 5.91 Å². The van der Waals surface area contributed by atoms with Crippen molar-refractivity contribution in [3.8, 4) is 5.75 Å². The maximum atomic E-state index is 13.6. The predicted molar refractivity (Wildman–Crippen MR) is 147 cm³/mol. The highest BCUT2D eigenvalue weighted by atomic mass is 16.5. The Morgan fingerprint density at radius 2 is 1.89 bits per heavy atom. The van der Waals surface area contributed by atoms with Gasteiger partial charge in [-0.2, -0.15) is 0 Å². The fraction of sp³-hybridized carbons (Fsp3) is 0.367. The molecule has 0 unspecified atom stereocenters. The van der Waals surface area contributed by atoms with Crippen LogP contribution in [-0.4, -0.2) is 70.6 Å². The minimum Gasteiger partial charge on any atom is -0.488 e. The van der Waals surface area contributed by atoms with Gasteiger partial charge in [-0.15, -0.1) is 0 Å². The van der Waals surface area contributed by atoms with E-state index in [1.54, 1.807) is 35.5 Å². The molecular weight excluding hydrogens is 480 g/mol. The van der Waals surface area contributed by atoms with Crippen molar-refractivity contribution >= 4 is 17.5 Å². The predicted octanol–water partition coefficient (Wildman–Crippen LogP) is 3.61. The van der Waals surface area contributed by atoms with Crippen LogP contribution in [-0.2, 0) is 17.8 Å². The second-order valence-electron chi connectivity index (χ2n) is 10.1. The van der Waals surface area contributed by atoms with Gasteiger partial charge < -0.3 is 20.1 Å². The molecule has 1 aromatic heterocycles. The van der Waals surface area contributed by atoms with E-state index in [2.05, 4.69) is 22.1 Å². The smallest absolute Gasteiger partial charge is 0.258 e. The fourth-order valence-corrected chi connectivity index (χ4v) is 4.68. The molecule has 1 aliphatic heterocycles. The number of likely N-dealkylation sites (N-methyl/N-ethyl adjacent to an activating group) is 1. The number of ether oxygens (including phenoxy) is 1. The second kappa shape index (κ2) is 12.7. The van der Waals surface area contributed by atoms with Gasteiger partial charge in [-0.25, -0.2) is 0 Å². The van der Waals surface area contributed by atoms with Crippen LogP contribution in [0.4, 0.5) is 5.69 Å². The lowest BCUT2D eigenvalue weighted by Crippen LogP contribution is -2.49. The van der Waals surface area contributed by atoms with Crippen molar-refractivity contribution in [2.75, 3.05) is 32.1 Å². The quantitative estimate of drug-likeness (QED) is 0.451. The third-order valence-corrected chi connectivity index (χ3v) is 6.85. The number of benzene rings is 2. The molecule has 0 aliphatic carbocycles. The van der Waals surface area contributed by atoms with Crippen molar-refractivity contribution in [2.24, 2.45) is 5.92 Å². The summed E-state index contributed by atoms with van der Waals surface area (Å²) in [5.74, 6) is 0.0997. The van der Waals surface area contributed by atoms with Gasteiger partial charge in [0.1, 0.15) is 11.9 Å². The van der Waals surface area contributed by atoms with Gasteiger partial charge in [-0.3, -0.25) is 19.5 Å². The molecular formula is C30H36N4O4. The number of nitrogens with zero attached hydrogens (tertiary/aromatic N) is 3. The van der Waals surface area contributed by atoms with Crippen molar-refractivity contribution in [1.82, 2.24) is 14.8 Å². The number of aromatic nitrogens is 1. The van der Waals surface area contributed by atoms with Crippen LogP contribution in [0.15, 0.2) is 73.1 Å². The number of hydrogen-bond acceptors (Lipinski definition) is 6. The molecule has 0 radical (unpaired) electrons. The van der Waals surface area contributed by atoms with E-state index in [1.165, 1.54) is 0 Å². The summed E-state index contributed by atoms with van der Waals surface area (Å²) in [6.45, 7) is 5.59. The molecule has 3 atom stereocenters. The molecule has 0 saturated carbocycles. The summed E-state index contributed by atoms with van der Waals surface area (Å²) in [5, 5.41) is 12.8. The minimum atomic E-state index is -0.359. The van der Waals surface area contributed by atoms with Crippen LogP contribution in [0, 0.1) is 5.92 Å². The Morgan fingerprint density at radius 3 is 2.61 bits per heavy atom. The number of carbonyl (C=O) groups excluding carboxylic acids is 2. The highest BCUT2D eigenvalue weighted by Gasteiger charge is 2.33. The topological polar surface area (TPSA) is 95.0 Å². The van der Waals surface area contributed by atoms with Crippen molar-refractivity contribution in [1.29, 1.82) is 0 Å². The fourth-order valence-electron chi connectivity index (χ4n) is 4.68. The first kappa shape index (κ1) is 27.3. The van der Waals surface area contributed by atoms with Crippen LogP contribution >= 0.6 is 0 Å². The van der Waals surface area contributed by atoms with Gasteiger partial charge >= 0.3 is 0 Å². The molecule has 8 nitrogen and oxygen atoms in total. The SMILES string of the molecule is C[C@H](CO)N1C[C@H](C)[C@@H](CN(C)Cc2ccncc2)Oc2ccc(NC(=O)Cc3ccccc3)cc2C1=O. The largest absolute Gasteiger partial charge is 0.488 e. The number of aliphatic hydroxyl groups is 1. The van der Waals surface area contributed by atoms with Crippen LogP contribution in [0.25, 0.3) is 0 Å². The lowest BCUT2D eigenvalue weighted by atomic mass is 9.99. The molecule has 0 saturated heterocycles. The molecule has 2 N–H and O–H groups in total. The molecule has 0 fully saturated rings. The number of aliphatic hydroxyl groups excluding tert-OH is 1. The van der Waals surface area contributed by atoms with Crippen LogP contribution in [0.1, 0.15) is 35.3 Å². The maximum Gasteiger partial charge on any atom is 0.258 e. The normalized spacial score (nSPS) is 18.2. The maximum absolute atomic E-state index is 13.6. The van der Waals surface area contributed by atoms with Crippen molar-refractivity contribution in [3.05, 3.63) is 89.7 Å². The van der Waals surface area contributed by atoms with E-state index in [9.17, 15) is 14.7 Å². The average molecular weight is 517 g/mol. The lowest BCUT2D eigenvalue weighted by Gasteiger charge is -2.38. The molecule has 200 valence electrons. The molecule has 2 amide bonds. The summed E-state index contributed by atoms with van der Waals surface area (Å²) < 4.78 is 6.47. The molecule has 2 heterocycles. The number of hydrogen-bond donors (Lipinski definition) is 2. The molecule has 3 aromatic rings. The van der Waals surface area contributed by atoms with E-state index < -0.39 is 0 Å². The zero-order chi connectivity index (χ0) is 27.1. The summed E-state index contributed by atoms with van der Waals surface area (Å²) in [7, 11) is 2.04. The van der Waals surface area contributed by atoms with E-state index in [4.69, 9.17) is 4.74 Å². The highest BCUT2D eigenvalue weighted by molar-refractivity contribution is 6.00. The first-order valence-corrected chi connectivity index (χ1v) is 13.0. The van der Waals surface area contributed by atoms with E-state index in [0.29, 0.717) is 30.1 Å². The van der Waals surface area contributed by atoms with Gasteiger partial charge in [0.25, 0.3) is 5.91 Å². The third kappa shape index (κ3) is 6.96. The molecule has 0 spiro atoms.